The van der Waals surface area contributed by atoms with Gasteiger partial charge in [-0.05, 0) is 23.3 Å². The molecule has 2 aromatic rings. The molecule has 0 aliphatic heterocycles. The number of hydrogen-bond acceptors (Lipinski definition) is 4. The minimum absolute atomic E-state index is 0.141. The van der Waals surface area contributed by atoms with Gasteiger partial charge in [-0.25, -0.2) is 8.78 Å². The van der Waals surface area contributed by atoms with Crippen molar-refractivity contribution in [1.82, 2.24) is 10.6 Å². The monoisotopic (exact) mass is 501 g/mol. The van der Waals surface area contributed by atoms with Gasteiger partial charge in [-0.1, -0.05) is 36.4 Å². The van der Waals surface area contributed by atoms with Crippen LogP contribution in [0.5, 0.6) is 0 Å². The van der Waals surface area contributed by atoms with Crippen LogP contribution in [0.3, 0.4) is 0 Å². The standard InChI is InChI=1S/C23H24F5N3O4/c1-22(24,25)15-6-2-13(3-7-15)10-17(20(29)34)31-21(35)18(30-19(33)12-32)11-14-4-8-16(9-5-14)23(26,27)28/h2-9,17-18,32H,10-12H2,1H3,(H2,29,34)(H,30,33)(H,31,35)/t17-,18+/m0/s1. The number of nitrogens with one attached hydrogen (secondary N) is 2. The molecule has 0 saturated heterocycles. The first kappa shape index (κ1) is 27.7. The number of amides is 3. The fraction of sp³-hybridized carbons (Fsp3) is 0.348. The molecular formula is C23H24F5N3O4. The molecule has 0 saturated carbocycles. The first-order valence-electron chi connectivity index (χ1n) is 10.3. The summed E-state index contributed by atoms with van der Waals surface area (Å²) in [5.41, 5.74) is 4.90. The Morgan fingerprint density at radius 1 is 0.829 bits per heavy atom. The van der Waals surface area contributed by atoms with Gasteiger partial charge >= 0.3 is 6.18 Å². The van der Waals surface area contributed by atoms with Crippen molar-refractivity contribution in [3.05, 3.63) is 70.8 Å². The SMILES string of the molecule is CC(F)(F)c1ccc(C[C@H](NC(=O)[C@@H](Cc2ccc(C(F)(F)F)cc2)NC(=O)CO)C(N)=O)cc1. The number of hydrogen-bond donors (Lipinski definition) is 4. The van der Waals surface area contributed by atoms with Crippen LogP contribution >= 0.6 is 0 Å². The zero-order valence-electron chi connectivity index (χ0n) is 18.5. The number of rotatable bonds is 10. The summed E-state index contributed by atoms with van der Waals surface area (Å²) < 4.78 is 65.1. The minimum atomic E-state index is -4.56. The number of halogens is 5. The van der Waals surface area contributed by atoms with Gasteiger partial charge in [0.2, 0.25) is 17.7 Å². The van der Waals surface area contributed by atoms with Crippen LogP contribution in [-0.2, 0) is 39.3 Å². The molecule has 2 atom stereocenters. The maximum absolute atomic E-state index is 13.4. The summed E-state index contributed by atoms with van der Waals surface area (Å²) in [6.45, 7) is -0.226. The highest BCUT2D eigenvalue weighted by Gasteiger charge is 2.31. The third kappa shape index (κ3) is 8.32. The summed E-state index contributed by atoms with van der Waals surface area (Å²) in [4.78, 5) is 36.4. The average Bonchev–Trinajstić information content (AvgIpc) is 2.77. The molecule has 0 spiro atoms. The van der Waals surface area contributed by atoms with E-state index < -0.39 is 54.1 Å². The Balaban J connectivity index is 2.17. The Morgan fingerprint density at radius 2 is 1.29 bits per heavy atom. The average molecular weight is 501 g/mol. The Kier molecular flexibility index (Phi) is 8.91. The molecule has 190 valence electrons. The second-order valence-corrected chi connectivity index (χ2v) is 7.93. The fourth-order valence-electron chi connectivity index (χ4n) is 3.18. The molecular weight excluding hydrogens is 477 g/mol. The van der Waals surface area contributed by atoms with Gasteiger partial charge in [0.05, 0.1) is 5.56 Å². The molecule has 3 amide bonds. The molecule has 0 fully saturated rings. The number of carbonyl (C=O) groups excluding carboxylic acids is 3. The van der Waals surface area contributed by atoms with Gasteiger partial charge in [-0.3, -0.25) is 14.4 Å². The number of benzene rings is 2. The van der Waals surface area contributed by atoms with Crippen LogP contribution in [0.1, 0.15) is 29.2 Å². The summed E-state index contributed by atoms with van der Waals surface area (Å²) in [7, 11) is 0. The minimum Gasteiger partial charge on any atom is -0.387 e. The van der Waals surface area contributed by atoms with Crippen LogP contribution < -0.4 is 16.4 Å². The Hall–Kier alpha value is -3.54. The number of alkyl halides is 5. The van der Waals surface area contributed by atoms with Gasteiger partial charge in [0.25, 0.3) is 5.92 Å². The van der Waals surface area contributed by atoms with Gasteiger partial charge in [0.15, 0.2) is 0 Å². The van der Waals surface area contributed by atoms with Crippen molar-refractivity contribution in [3.63, 3.8) is 0 Å². The van der Waals surface area contributed by atoms with Crippen molar-refractivity contribution in [1.29, 1.82) is 0 Å². The van der Waals surface area contributed by atoms with Crippen molar-refractivity contribution in [2.45, 2.75) is 43.9 Å². The third-order valence-corrected chi connectivity index (χ3v) is 5.08. The molecule has 5 N–H and O–H groups in total. The predicted octanol–water partition coefficient (Wildman–Crippen LogP) is 2.05. The van der Waals surface area contributed by atoms with Gasteiger partial charge in [-0.15, -0.1) is 0 Å². The molecule has 35 heavy (non-hydrogen) atoms. The quantitative estimate of drug-likeness (QED) is 0.373. The van der Waals surface area contributed by atoms with Gasteiger partial charge in [-0.2, -0.15) is 13.2 Å². The van der Waals surface area contributed by atoms with Crippen LogP contribution in [0, 0.1) is 0 Å². The highest BCUT2D eigenvalue weighted by Crippen LogP contribution is 2.29. The maximum Gasteiger partial charge on any atom is 0.416 e. The first-order valence-corrected chi connectivity index (χ1v) is 10.3. The molecule has 12 heteroatoms. The summed E-state index contributed by atoms with van der Waals surface area (Å²) >= 11 is 0. The first-order chi connectivity index (χ1) is 16.2. The topological polar surface area (TPSA) is 122 Å². The number of aliphatic hydroxyl groups excluding tert-OH is 1. The van der Waals surface area contributed by atoms with E-state index in [0.29, 0.717) is 5.56 Å². The van der Waals surface area contributed by atoms with Crippen molar-refractivity contribution in [3.8, 4) is 0 Å². The van der Waals surface area contributed by atoms with E-state index in [1.807, 2.05) is 0 Å². The van der Waals surface area contributed by atoms with Crippen molar-refractivity contribution in [2.75, 3.05) is 6.61 Å². The third-order valence-electron chi connectivity index (χ3n) is 5.08. The lowest BCUT2D eigenvalue weighted by Crippen LogP contribution is -2.54. The number of carbonyl (C=O) groups is 3. The molecule has 2 aromatic carbocycles. The molecule has 0 radical (unpaired) electrons. The van der Waals surface area contributed by atoms with E-state index in [4.69, 9.17) is 10.8 Å². The number of primary amides is 1. The largest absolute Gasteiger partial charge is 0.416 e. The van der Waals surface area contributed by atoms with E-state index in [0.717, 1.165) is 31.2 Å². The lowest BCUT2D eigenvalue weighted by atomic mass is 10.0. The van der Waals surface area contributed by atoms with E-state index in [-0.39, 0.29) is 24.0 Å². The highest BCUT2D eigenvalue weighted by atomic mass is 19.4. The van der Waals surface area contributed by atoms with Crippen LogP contribution in [0.15, 0.2) is 48.5 Å². The molecule has 0 heterocycles. The fourth-order valence-corrected chi connectivity index (χ4v) is 3.18. The van der Waals surface area contributed by atoms with E-state index in [1.54, 1.807) is 0 Å². The summed E-state index contributed by atoms with van der Waals surface area (Å²) in [6, 6.07) is 6.29. The van der Waals surface area contributed by atoms with Crippen LogP contribution in [-0.4, -0.2) is 41.5 Å². The van der Waals surface area contributed by atoms with Crippen LogP contribution in [0.2, 0.25) is 0 Å². The summed E-state index contributed by atoms with van der Waals surface area (Å²) in [5.74, 6) is -5.81. The van der Waals surface area contributed by atoms with E-state index in [9.17, 15) is 36.3 Å². The molecule has 0 aliphatic rings. The highest BCUT2D eigenvalue weighted by molar-refractivity contribution is 5.92. The molecule has 7 nitrogen and oxygen atoms in total. The zero-order chi connectivity index (χ0) is 26.4. The molecule has 0 aromatic heterocycles. The van der Waals surface area contributed by atoms with Crippen LogP contribution in [0.25, 0.3) is 0 Å². The Labute approximate surface area is 197 Å². The molecule has 0 bridgehead atoms. The van der Waals surface area contributed by atoms with Gasteiger partial charge in [0, 0.05) is 25.3 Å². The Morgan fingerprint density at radius 3 is 1.69 bits per heavy atom. The zero-order valence-corrected chi connectivity index (χ0v) is 18.5. The lowest BCUT2D eigenvalue weighted by molar-refractivity contribution is -0.137. The molecule has 0 aliphatic carbocycles. The Bertz CT molecular complexity index is 1040. The molecule has 0 unspecified atom stereocenters. The number of nitrogens with two attached hydrogens (primary N) is 1. The van der Waals surface area contributed by atoms with E-state index in [1.165, 1.54) is 24.3 Å². The maximum atomic E-state index is 13.4. The van der Waals surface area contributed by atoms with E-state index >= 15 is 0 Å². The van der Waals surface area contributed by atoms with Crippen LogP contribution in [0.4, 0.5) is 22.0 Å². The summed E-state index contributed by atoms with van der Waals surface area (Å²) in [5, 5.41) is 13.6. The second kappa shape index (κ2) is 11.3. The smallest absolute Gasteiger partial charge is 0.387 e. The second-order valence-electron chi connectivity index (χ2n) is 7.93. The van der Waals surface area contributed by atoms with Gasteiger partial charge < -0.3 is 21.5 Å². The molecule has 2 rings (SSSR count). The predicted molar refractivity (Wildman–Crippen MR) is 115 cm³/mol. The van der Waals surface area contributed by atoms with Gasteiger partial charge in [0.1, 0.15) is 18.7 Å². The van der Waals surface area contributed by atoms with Crippen molar-refractivity contribution < 1.29 is 41.4 Å². The summed E-state index contributed by atoms with van der Waals surface area (Å²) in [6.07, 6.45) is -4.95. The normalized spacial score (nSPS) is 13.6. The number of aliphatic hydroxyl groups is 1. The van der Waals surface area contributed by atoms with Crippen molar-refractivity contribution >= 4 is 17.7 Å². The van der Waals surface area contributed by atoms with Crippen molar-refractivity contribution in [2.24, 2.45) is 5.73 Å². The van der Waals surface area contributed by atoms with E-state index in [2.05, 4.69) is 10.6 Å². The lowest BCUT2D eigenvalue weighted by Gasteiger charge is -2.22.